The van der Waals surface area contributed by atoms with Crippen molar-refractivity contribution in [1.82, 2.24) is 15.0 Å². The zero-order valence-electron chi connectivity index (χ0n) is 30.6. The Morgan fingerprint density at radius 2 is 1.30 bits per heavy atom. The van der Waals surface area contributed by atoms with Crippen LogP contribution in [0, 0.1) is 11.8 Å². The molecule has 4 nitrogen and oxygen atoms in total. The first kappa shape index (κ1) is 30.8. The largest absolute Gasteiger partial charge is 0.455 e. The number of allylic oxidation sites excluding steroid dienone is 14. The molecule has 0 radical (unpaired) electrons. The molecule has 0 saturated carbocycles. The van der Waals surface area contributed by atoms with Gasteiger partial charge in [0.25, 0.3) is 0 Å². The van der Waals surface area contributed by atoms with E-state index < -0.39 is 0 Å². The van der Waals surface area contributed by atoms with Gasteiger partial charge in [-0.15, -0.1) is 0 Å². The van der Waals surface area contributed by atoms with E-state index in [0.717, 1.165) is 76.7 Å². The Morgan fingerprint density at radius 1 is 0.509 bits per heavy atom. The minimum absolute atomic E-state index is 0.258. The highest BCUT2D eigenvalue weighted by Crippen LogP contribution is 2.53. The number of para-hydroxylation sites is 2. The highest BCUT2D eigenvalue weighted by atomic mass is 16.3. The molecule has 4 aromatic heterocycles. The van der Waals surface area contributed by atoms with Gasteiger partial charge in [-0.05, 0) is 74.9 Å². The van der Waals surface area contributed by atoms with Crippen molar-refractivity contribution in [3.63, 3.8) is 0 Å². The van der Waals surface area contributed by atoms with Gasteiger partial charge < -0.3 is 4.42 Å². The number of pyridine rings is 3. The van der Waals surface area contributed by atoms with Gasteiger partial charge in [0.15, 0.2) is 0 Å². The predicted octanol–water partition coefficient (Wildman–Crippen LogP) is 13.1. The van der Waals surface area contributed by atoms with Gasteiger partial charge >= 0.3 is 0 Å². The van der Waals surface area contributed by atoms with Crippen LogP contribution < -0.4 is 0 Å². The predicted molar refractivity (Wildman–Crippen MR) is 233 cm³/mol. The summed E-state index contributed by atoms with van der Waals surface area (Å²) >= 11 is 0. The monoisotopic (exact) mass is 725 g/mol. The SMILES string of the molecule is C1=CC2=CC=C(c3ccnc4c3ccc3cccnc34)C3=CC=C4C=C(c5ccc(-c6nc7ccccc7c7c6ccc6c8ccccc8oc67)cc5)C=C1C4C23. The molecule has 4 heterocycles. The molecule has 0 amide bonds. The first-order valence-electron chi connectivity index (χ1n) is 19.6. The van der Waals surface area contributed by atoms with Gasteiger partial charge in [0, 0.05) is 67.5 Å². The van der Waals surface area contributed by atoms with Crippen molar-refractivity contribution in [2.45, 2.75) is 0 Å². The molecule has 0 aliphatic heterocycles. The Kier molecular flexibility index (Phi) is 6.25. The molecular formula is C53H31N3O. The lowest BCUT2D eigenvalue weighted by atomic mass is 9.61. The van der Waals surface area contributed by atoms with Crippen molar-refractivity contribution in [2.75, 3.05) is 0 Å². The molecule has 0 fully saturated rings. The van der Waals surface area contributed by atoms with E-state index in [4.69, 9.17) is 19.4 Å². The molecule has 0 N–H and O–H groups in total. The third kappa shape index (κ3) is 4.41. The summed E-state index contributed by atoms with van der Waals surface area (Å²) in [5.74, 6) is 0.528. The number of benzene rings is 5. The molecule has 57 heavy (non-hydrogen) atoms. The summed E-state index contributed by atoms with van der Waals surface area (Å²) in [6, 6.07) is 40.6. The number of rotatable bonds is 3. The minimum atomic E-state index is 0.258. The standard InChI is InChI=1S/C53H31N3O/c1-3-9-45-43(8-1)49-44(24-23-42-39-7-2-4-10-46(39)57-53(42)49)50(56-45)33-14-11-30(12-15-33)36-28-34-16-13-31-17-20-37(40-21-19-35(29-36)47(34)48(31)40)38-25-27-55-52-41(38)22-18-32-6-5-26-54-51(32)52/h1-29,47-48H. The van der Waals surface area contributed by atoms with Crippen LogP contribution in [0.15, 0.2) is 203 Å². The molecule has 0 bridgehead atoms. The summed E-state index contributed by atoms with van der Waals surface area (Å²) in [4.78, 5) is 14.8. The molecule has 4 aliphatic carbocycles. The van der Waals surface area contributed by atoms with E-state index in [0.29, 0.717) is 0 Å². The van der Waals surface area contributed by atoms with Gasteiger partial charge in [-0.3, -0.25) is 9.97 Å². The van der Waals surface area contributed by atoms with Gasteiger partial charge in [-0.2, -0.15) is 0 Å². The Bertz CT molecular complexity index is 3510. The molecule has 9 aromatic rings. The lowest BCUT2D eigenvalue weighted by Gasteiger charge is -2.41. The van der Waals surface area contributed by atoms with E-state index in [1.165, 1.54) is 44.6 Å². The highest BCUT2D eigenvalue weighted by Gasteiger charge is 2.40. The van der Waals surface area contributed by atoms with Crippen LogP contribution in [-0.2, 0) is 0 Å². The maximum absolute atomic E-state index is 6.55. The Morgan fingerprint density at radius 3 is 2.25 bits per heavy atom. The third-order valence-corrected chi connectivity index (χ3v) is 12.5. The van der Waals surface area contributed by atoms with Crippen LogP contribution >= 0.6 is 0 Å². The van der Waals surface area contributed by atoms with Crippen LogP contribution in [0.2, 0.25) is 0 Å². The molecule has 5 aromatic carbocycles. The number of hydrogen-bond donors (Lipinski definition) is 0. The molecule has 2 unspecified atom stereocenters. The summed E-state index contributed by atoms with van der Waals surface area (Å²) < 4.78 is 6.55. The number of fused-ring (bicyclic) bond motifs is 10. The number of aromatic nitrogens is 3. The molecule has 0 saturated heterocycles. The fourth-order valence-electron chi connectivity index (χ4n) is 9.95. The topological polar surface area (TPSA) is 51.8 Å². The molecule has 2 atom stereocenters. The van der Waals surface area contributed by atoms with E-state index in [1.807, 2.05) is 30.6 Å². The van der Waals surface area contributed by atoms with Crippen molar-refractivity contribution in [3.8, 4) is 11.3 Å². The van der Waals surface area contributed by atoms with Crippen molar-refractivity contribution in [2.24, 2.45) is 11.8 Å². The van der Waals surface area contributed by atoms with Crippen LogP contribution in [0.1, 0.15) is 11.1 Å². The Hall–Kier alpha value is -7.43. The average Bonchev–Trinajstić information content (AvgIpc) is 3.66. The third-order valence-electron chi connectivity index (χ3n) is 12.5. The first-order valence-corrected chi connectivity index (χ1v) is 19.6. The molecule has 4 heteroatoms. The minimum Gasteiger partial charge on any atom is -0.455 e. The normalized spacial score (nSPS) is 18.4. The summed E-state index contributed by atoms with van der Waals surface area (Å²) in [5.41, 5.74) is 17.0. The van der Waals surface area contributed by atoms with Gasteiger partial charge in [-0.1, -0.05) is 134 Å². The van der Waals surface area contributed by atoms with Crippen molar-refractivity contribution in [3.05, 3.63) is 210 Å². The van der Waals surface area contributed by atoms with Gasteiger partial charge in [0.1, 0.15) is 11.2 Å². The molecule has 13 rings (SSSR count). The van der Waals surface area contributed by atoms with Crippen molar-refractivity contribution in [1.29, 1.82) is 0 Å². The maximum atomic E-state index is 6.55. The number of hydrogen-bond acceptors (Lipinski definition) is 4. The zero-order valence-corrected chi connectivity index (χ0v) is 30.6. The fourth-order valence-corrected chi connectivity index (χ4v) is 9.95. The first-order chi connectivity index (χ1) is 28.2. The Balaban J connectivity index is 0.899. The highest BCUT2D eigenvalue weighted by molar-refractivity contribution is 6.24. The summed E-state index contributed by atoms with van der Waals surface area (Å²) in [6.45, 7) is 0. The summed E-state index contributed by atoms with van der Waals surface area (Å²) in [5, 5.41) is 7.80. The van der Waals surface area contributed by atoms with Gasteiger partial charge in [-0.25, -0.2) is 4.98 Å². The fraction of sp³-hybridized carbons (Fsp3) is 0.0377. The smallest absolute Gasteiger partial charge is 0.144 e. The lowest BCUT2D eigenvalue weighted by Crippen LogP contribution is -2.29. The summed E-state index contributed by atoms with van der Waals surface area (Å²) in [7, 11) is 0. The number of nitrogens with zero attached hydrogens (tertiary/aromatic N) is 3. The second kappa shape index (κ2) is 11.5. The second-order valence-electron chi connectivity index (χ2n) is 15.5. The van der Waals surface area contributed by atoms with Crippen LogP contribution in [-0.4, -0.2) is 15.0 Å². The van der Waals surface area contributed by atoms with E-state index in [1.54, 1.807) is 0 Å². The molecule has 264 valence electrons. The van der Waals surface area contributed by atoms with E-state index in [9.17, 15) is 0 Å². The molecule has 4 aliphatic rings. The van der Waals surface area contributed by atoms with E-state index >= 15 is 0 Å². The van der Waals surface area contributed by atoms with E-state index in [-0.39, 0.29) is 11.8 Å². The van der Waals surface area contributed by atoms with Crippen LogP contribution in [0.25, 0.3) is 87.8 Å². The van der Waals surface area contributed by atoms with Crippen LogP contribution in [0.4, 0.5) is 0 Å². The van der Waals surface area contributed by atoms with Crippen molar-refractivity contribution < 1.29 is 4.42 Å². The lowest BCUT2D eigenvalue weighted by molar-refractivity contribution is 0.568. The Labute approximate surface area is 327 Å². The van der Waals surface area contributed by atoms with Gasteiger partial charge in [0.2, 0.25) is 0 Å². The second-order valence-corrected chi connectivity index (χ2v) is 15.5. The molecular weight excluding hydrogens is 695 g/mol. The summed E-state index contributed by atoms with van der Waals surface area (Å²) in [6.07, 6.45) is 22.5. The average molecular weight is 726 g/mol. The quantitative estimate of drug-likeness (QED) is 0.170. The van der Waals surface area contributed by atoms with Gasteiger partial charge in [0.05, 0.1) is 22.2 Å². The van der Waals surface area contributed by atoms with Crippen LogP contribution in [0.3, 0.4) is 0 Å². The van der Waals surface area contributed by atoms with E-state index in [2.05, 4.69) is 146 Å². The molecule has 0 spiro atoms. The van der Waals surface area contributed by atoms with Crippen LogP contribution in [0.5, 0.6) is 0 Å². The maximum Gasteiger partial charge on any atom is 0.144 e. The van der Waals surface area contributed by atoms with Crippen molar-refractivity contribution >= 4 is 76.6 Å². The number of furan rings is 1. The zero-order chi connectivity index (χ0) is 37.2.